The summed E-state index contributed by atoms with van der Waals surface area (Å²) in [5.41, 5.74) is 1.36. The third-order valence-electron chi connectivity index (χ3n) is 4.87. The molecule has 1 aliphatic rings. The van der Waals surface area contributed by atoms with Crippen molar-refractivity contribution in [2.45, 2.75) is 11.3 Å². The molecular formula is C23H22N2O6S2. The van der Waals surface area contributed by atoms with E-state index in [4.69, 9.17) is 4.74 Å². The Morgan fingerprint density at radius 3 is 2.12 bits per heavy atom. The predicted molar refractivity (Wildman–Crippen MR) is 127 cm³/mol. The average Bonchev–Trinajstić information content (AvgIpc) is 3.07. The fraction of sp³-hybridized carbons (Fsp3) is 0.0870. The topological polar surface area (TPSA) is 125 Å². The van der Waals surface area contributed by atoms with E-state index in [1.54, 1.807) is 36.4 Å². The maximum absolute atomic E-state index is 12.6. The normalized spacial score (nSPS) is 16.1. The van der Waals surface area contributed by atoms with E-state index in [0.29, 0.717) is 23.5 Å². The smallest absolute Gasteiger partial charge is 0.264 e. The number of para-hydroxylation sites is 1. The van der Waals surface area contributed by atoms with Crippen molar-refractivity contribution in [2.24, 2.45) is 0 Å². The monoisotopic (exact) mass is 486 g/mol. The van der Waals surface area contributed by atoms with E-state index in [1.807, 2.05) is 30.3 Å². The molecule has 10 heteroatoms. The second-order valence-corrected chi connectivity index (χ2v) is 10.8. The molecule has 0 unspecified atom stereocenters. The standard InChI is InChI=1S/C23H22N2O6S2/c26-23-16-22(33(29,30)25-23)18-8-6-17(7-9-18)14-15-24-32(27,28)21-12-10-20(11-13-21)31-19-4-2-1-3-5-19/h1-13,16,24,29-30H,14-15H2,(H,25,26). The lowest BCUT2D eigenvalue weighted by Gasteiger charge is -2.29. The van der Waals surface area contributed by atoms with Crippen LogP contribution in [0.25, 0.3) is 4.91 Å². The minimum absolute atomic E-state index is 0.133. The SMILES string of the molecule is O=C1C=C(c2ccc(CCNS(=O)(=O)c3ccc(Oc4ccccc4)cc3)cc2)S(O)(O)N1. The fourth-order valence-corrected chi connectivity index (χ4v) is 5.45. The number of hydrogen-bond donors (Lipinski definition) is 4. The van der Waals surface area contributed by atoms with Crippen LogP contribution >= 0.6 is 10.8 Å². The summed E-state index contributed by atoms with van der Waals surface area (Å²) < 4.78 is 55.4. The van der Waals surface area contributed by atoms with Crippen LogP contribution in [0, 0.1) is 0 Å². The van der Waals surface area contributed by atoms with Crippen LogP contribution in [-0.2, 0) is 21.2 Å². The molecule has 0 saturated heterocycles. The van der Waals surface area contributed by atoms with Crippen LogP contribution in [-0.4, -0.2) is 30.0 Å². The van der Waals surface area contributed by atoms with Crippen molar-refractivity contribution >= 4 is 31.6 Å². The highest BCUT2D eigenvalue weighted by molar-refractivity contribution is 8.31. The number of sulfonamides is 1. The van der Waals surface area contributed by atoms with Gasteiger partial charge in [0.25, 0.3) is 5.91 Å². The molecule has 0 spiro atoms. The quantitative estimate of drug-likeness (QED) is 0.379. The highest BCUT2D eigenvalue weighted by atomic mass is 32.3. The van der Waals surface area contributed by atoms with E-state index >= 15 is 0 Å². The Labute approximate surface area is 193 Å². The first-order valence-corrected chi connectivity index (χ1v) is 13.0. The highest BCUT2D eigenvalue weighted by Crippen LogP contribution is 2.52. The van der Waals surface area contributed by atoms with Gasteiger partial charge in [-0.15, -0.1) is 0 Å². The molecule has 4 rings (SSSR count). The first-order valence-electron chi connectivity index (χ1n) is 9.97. The van der Waals surface area contributed by atoms with Gasteiger partial charge in [0.15, 0.2) is 0 Å². The lowest BCUT2D eigenvalue weighted by atomic mass is 10.1. The van der Waals surface area contributed by atoms with Gasteiger partial charge >= 0.3 is 0 Å². The Kier molecular flexibility index (Phi) is 6.54. The molecule has 0 radical (unpaired) electrons. The minimum atomic E-state index is -3.69. The summed E-state index contributed by atoms with van der Waals surface area (Å²) in [6, 6.07) is 22.2. The minimum Gasteiger partial charge on any atom is -0.457 e. The van der Waals surface area contributed by atoms with Crippen molar-refractivity contribution < 1.29 is 27.1 Å². The number of ether oxygens (including phenoxy) is 1. The molecule has 4 N–H and O–H groups in total. The number of carbonyl (C=O) groups is 1. The largest absolute Gasteiger partial charge is 0.457 e. The summed E-state index contributed by atoms with van der Waals surface area (Å²) in [7, 11) is -7.02. The van der Waals surface area contributed by atoms with Crippen LogP contribution in [0.1, 0.15) is 11.1 Å². The number of rotatable bonds is 8. The summed E-state index contributed by atoms with van der Waals surface area (Å²) >= 11 is 0. The molecule has 1 aliphatic heterocycles. The van der Waals surface area contributed by atoms with Crippen molar-refractivity contribution in [1.29, 1.82) is 0 Å². The Morgan fingerprint density at radius 1 is 0.879 bits per heavy atom. The number of benzene rings is 3. The van der Waals surface area contributed by atoms with Crippen LogP contribution in [0.2, 0.25) is 0 Å². The van der Waals surface area contributed by atoms with Crippen LogP contribution in [0.3, 0.4) is 0 Å². The molecule has 0 aliphatic carbocycles. The number of amides is 1. The van der Waals surface area contributed by atoms with Crippen LogP contribution < -0.4 is 14.2 Å². The molecule has 1 heterocycles. The van der Waals surface area contributed by atoms with Gasteiger partial charge in [0.2, 0.25) is 10.0 Å². The van der Waals surface area contributed by atoms with Crippen LogP contribution in [0.4, 0.5) is 0 Å². The number of nitrogens with one attached hydrogen (secondary N) is 2. The van der Waals surface area contributed by atoms with Crippen molar-refractivity contribution in [3.8, 4) is 11.5 Å². The summed E-state index contributed by atoms with van der Waals surface area (Å²) in [5, 5.41) is 0. The Hall–Kier alpha value is -3.15. The van der Waals surface area contributed by atoms with Gasteiger partial charge in [-0.2, -0.15) is 0 Å². The lowest BCUT2D eigenvalue weighted by molar-refractivity contribution is -0.114. The zero-order chi connectivity index (χ0) is 23.5. The van der Waals surface area contributed by atoms with Crippen molar-refractivity contribution in [3.05, 3.63) is 96.1 Å². The first-order chi connectivity index (χ1) is 15.7. The Balaban J connectivity index is 1.33. The van der Waals surface area contributed by atoms with Crippen molar-refractivity contribution in [3.63, 3.8) is 0 Å². The number of carbonyl (C=O) groups excluding carboxylic acids is 1. The molecule has 0 saturated carbocycles. The summed E-state index contributed by atoms with van der Waals surface area (Å²) in [5.74, 6) is 0.642. The molecule has 172 valence electrons. The van der Waals surface area contributed by atoms with Crippen molar-refractivity contribution in [1.82, 2.24) is 9.44 Å². The lowest BCUT2D eigenvalue weighted by Crippen LogP contribution is -2.25. The Morgan fingerprint density at radius 2 is 1.52 bits per heavy atom. The molecule has 3 aromatic carbocycles. The molecule has 0 fully saturated rings. The zero-order valence-electron chi connectivity index (χ0n) is 17.3. The van der Waals surface area contributed by atoms with E-state index < -0.39 is 26.7 Å². The molecule has 8 nitrogen and oxygen atoms in total. The van der Waals surface area contributed by atoms with Gasteiger partial charge in [-0.3, -0.25) is 13.9 Å². The second-order valence-electron chi connectivity index (χ2n) is 7.25. The third-order valence-corrected chi connectivity index (χ3v) is 7.80. The molecule has 33 heavy (non-hydrogen) atoms. The zero-order valence-corrected chi connectivity index (χ0v) is 19.0. The molecular weight excluding hydrogens is 464 g/mol. The summed E-state index contributed by atoms with van der Waals surface area (Å²) in [4.78, 5) is 11.7. The Bertz CT molecular complexity index is 1270. The van der Waals surface area contributed by atoms with Crippen LogP contribution in [0.15, 0.2) is 89.8 Å². The van der Waals surface area contributed by atoms with Crippen LogP contribution in [0.5, 0.6) is 11.5 Å². The first kappa shape index (κ1) is 23.0. The molecule has 3 aromatic rings. The predicted octanol–water partition coefficient (Wildman–Crippen LogP) is 4.14. The number of hydrogen-bond acceptors (Lipinski definition) is 6. The van der Waals surface area contributed by atoms with Gasteiger partial charge in [-0.25, -0.2) is 17.9 Å². The van der Waals surface area contributed by atoms with Gasteiger partial charge in [0.05, 0.1) is 9.80 Å². The summed E-state index contributed by atoms with van der Waals surface area (Å²) in [6.45, 7) is 0.182. The van der Waals surface area contributed by atoms with Crippen molar-refractivity contribution in [2.75, 3.05) is 6.54 Å². The van der Waals surface area contributed by atoms with E-state index in [2.05, 4.69) is 9.44 Å². The van der Waals surface area contributed by atoms with Gasteiger partial charge in [-0.1, -0.05) is 53.2 Å². The van der Waals surface area contributed by atoms with Gasteiger partial charge in [-0.05, 0) is 53.9 Å². The van der Waals surface area contributed by atoms with E-state index in [-0.39, 0.29) is 16.3 Å². The fourth-order valence-electron chi connectivity index (χ4n) is 3.23. The van der Waals surface area contributed by atoms with Gasteiger partial charge in [0, 0.05) is 12.6 Å². The average molecular weight is 487 g/mol. The maximum atomic E-state index is 12.6. The van der Waals surface area contributed by atoms with E-state index in [9.17, 15) is 22.3 Å². The van der Waals surface area contributed by atoms with E-state index in [0.717, 1.165) is 11.6 Å². The molecule has 0 aromatic heterocycles. The second kappa shape index (κ2) is 9.38. The molecule has 1 amide bonds. The van der Waals surface area contributed by atoms with Gasteiger partial charge < -0.3 is 4.74 Å². The van der Waals surface area contributed by atoms with Gasteiger partial charge in [0.1, 0.15) is 11.5 Å². The third kappa shape index (κ3) is 5.62. The molecule has 0 atom stereocenters. The summed E-state index contributed by atoms with van der Waals surface area (Å²) in [6.07, 6.45) is 1.59. The maximum Gasteiger partial charge on any atom is 0.264 e. The highest BCUT2D eigenvalue weighted by Gasteiger charge is 2.29. The van der Waals surface area contributed by atoms with E-state index in [1.165, 1.54) is 12.1 Å². The molecule has 0 bridgehead atoms.